The van der Waals surface area contributed by atoms with Gasteiger partial charge in [0.05, 0.1) is 33.8 Å². The number of sulfone groups is 1. The molecule has 0 bridgehead atoms. The van der Waals surface area contributed by atoms with Gasteiger partial charge >= 0.3 is 0 Å². The van der Waals surface area contributed by atoms with Crippen LogP contribution in [0, 0.1) is 13.8 Å². The third-order valence-electron chi connectivity index (χ3n) is 5.49. The molecule has 0 saturated carbocycles. The molecular formula is C22H23N3O4S2. The summed E-state index contributed by atoms with van der Waals surface area (Å²) in [5.41, 5.74) is 3.12. The Kier molecular flexibility index (Phi) is 5.90. The Morgan fingerprint density at radius 1 is 1.19 bits per heavy atom. The van der Waals surface area contributed by atoms with E-state index in [0.29, 0.717) is 22.5 Å². The predicted octanol–water partition coefficient (Wildman–Crippen LogP) is 2.40. The molecule has 1 aliphatic heterocycles. The lowest BCUT2D eigenvalue weighted by molar-refractivity contribution is -0.119. The van der Waals surface area contributed by atoms with E-state index in [9.17, 15) is 18.0 Å². The van der Waals surface area contributed by atoms with Crippen LogP contribution in [0.4, 0.5) is 0 Å². The number of hydrogen-bond donors (Lipinski definition) is 1. The van der Waals surface area contributed by atoms with Crippen molar-refractivity contribution in [3.05, 3.63) is 63.9 Å². The van der Waals surface area contributed by atoms with Gasteiger partial charge in [-0.05, 0) is 49.6 Å². The fourth-order valence-electron chi connectivity index (χ4n) is 3.71. The third kappa shape index (κ3) is 4.52. The monoisotopic (exact) mass is 457 g/mol. The number of amides is 1. The molecule has 1 saturated heterocycles. The Labute approximate surface area is 184 Å². The van der Waals surface area contributed by atoms with Crippen LogP contribution in [0.25, 0.3) is 16.6 Å². The van der Waals surface area contributed by atoms with Crippen molar-refractivity contribution in [2.75, 3.05) is 17.3 Å². The van der Waals surface area contributed by atoms with Gasteiger partial charge in [0.1, 0.15) is 0 Å². The maximum atomic E-state index is 13.4. The smallest absolute Gasteiger partial charge is 0.266 e. The van der Waals surface area contributed by atoms with Gasteiger partial charge in [0.25, 0.3) is 5.56 Å². The Hall–Kier alpha value is -2.65. The van der Waals surface area contributed by atoms with Gasteiger partial charge < -0.3 is 5.32 Å². The molecule has 1 unspecified atom stereocenters. The molecule has 0 radical (unpaired) electrons. The number of aromatic nitrogens is 2. The summed E-state index contributed by atoms with van der Waals surface area (Å²) in [4.78, 5) is 30.5. The van der Waals surface area contributed by atoms with Crippen LogP contribution >= 0.6 is 11.8 Å². The van der Waals surface area contributed by atoms with Crippen LogP contribution in [0.5, 0.6) is 0 Å². The van der Waals surface area contributed by atoms with Gasteiger partial charge in [-0.3, -0.25) is 14.2 Å². The van der Waals surface area contributed by atoms with Gasteiger partial charge in [-0.25, -0.2) is 13.4 Å². The van der Waals surface area contributed by atoms with Crippen molar-refractivity contribution in [2.24, 2.45) is 0 Å². The van der Waals surface area contributed by atoms with Gasteiger partial charge in [0.15, 0.2) is 15.0 Å². The molecule has 1 aliphatic rings. The Morgan fingerprint density at radius 2 is 1.97 bits per heavy atom. The fourth-order valence-corrected chi connectivity index (χ4v) is 6.20. The highest BCUT2D eigenvalue weighted by molar-refractivity contribution is 7.99. The predicted molar refractivity (Wildman–Crippen MR) is 123 cm³/mol. The lowest BCUT2D eigenvalue weighted by Crippen LogP contribution is -2.36. The molecule has 2 heterocycles. The molecule has 1 atom stereocenters. The second-order valence-corrected chi connectivity index (χ2v) is 10.9. The average Bonchev–Trinajstić information content (AvgIpc) is 3.07. The van der Waals surface area contributed by atoms with Crippen LogP contribution in [0.3, 0.4) is 0 Å². The van der Waals surface area contributed by atoms with Crippen molar-refractivity contribution < 1.29 is 13.2 Å². The second-order valence-electron chi connectivity index (χ2n) is 7.73. The van der Waals surface area contributed by atoms with Crippen LogP contribution in [-0.2, 0) is 14.6 Å². The molecule has 162 valence electrons. The Morgan fingerprint density at radius 3 is 2.71 bits per heavy atom. The molecule has 0 aliphatic carbocycles. The van der Waals surface area contributed by atoms with Crippen molar-refractivity contribution >= 4 is 38.4 Å². The molecule has 4 rings (SSSR count). The van der Waals surface area contributed by atoms with Crippen LogP contribution in [0.1, 0.15) is 17.5 Å². The molecule has 31 heavy (non-hydrogen) atoms. The normalized spacial score (nSPS) is 17.7. The first-order valence-electron chi connectivity index (χ1n) is 9.96. The maximum absolute atomic E-state index is 13.4. The van der Waals surface area contributed by atoms with E-state index in [1.165, 1.54) is 11.8 Å². The van der Waals surface area contributed by atoms with E-state index in [2.05, 4.69) is 10.3 Å². The van der Waals surface area contributed by atoms with Gasteiger partial charge in [-0.2, -0.15) is 0 Å². The van der Waals surface area contributed by atoms with Crippen molar-refractivity contribution in [1.82, 2.24) is 14.9 Å². The molecule has 2 aromatic carbocycles. The van der Waals surface area contributed by atoms with E-state index in [4.69, 9.17) is 0 Å². The number of benzene rings is 2. The number of nitrogens with zero attached hydrogens (tertiary/aromatic N) is 2. The third-order valence-corrected chi connectivity index (χ3v) is 8.20. The minimum Gasteiger partial charge on any atom is -0.352 e. The minimum absolute atomic E-state index is 0.0230. The zero-order chi connectivity index (χ0) is 22.2. The quantitative estimate of drug-likeness (QED) is 0.467. The van der Waals surface area contributed by atoms with Crippen LogP contribution in [-0.4, -0.2) is 47.2 Å². The van der Waals surface area contributed by atoms with Crippen molar-refractivity contribution in [3.8, 4) is 5.69 Å². The van der Waals surface area contributed by atoms with Crippen LogP contribution < -0.4 is 10.9 Å². The molecule has 1 N–H and O–H groups in total. The summed E-state index contributed by atoms with van der Waals surface area (Å²) in [6, 6.07) is 12.5. The number of rotatable bonds is 5. The van der Waals surface area contributed by atoms with E-state index < -0.39 is 9.84 Å². The van der Waals surface area contributed by atoms with Crippen LogP contribution in [0.15, 0.2) is 52.4 Å². The van der Waals surface area contributed by atoms with E-state index in [-0.39, 0.29) is 34.8 Å². The minimum atomic E-state index is -3.07. The largest absolute Gasteiger partial charge is 0.352 e. The number of nitrogens with one attached hydrogen (secondary N) is 1. The van der Waals surface area contributed by atoms with Crippen molar-refractivity contribution in [1.29, 1.82) is 0 Å². The molecule has 9 heteroatoms. The summed E-state index contributed by atoms with van der Waals surface area (Å²) in [6.45, 7) is 3.93. The molecule has 7 nitrogen and oxygen atoms in total. The summed E-state index contributed by atoms with van der Waals surface area (Å²) in [5.74, 6) is -0.164. The Bertz CT molecular complexity index is 1330. The number of carbonyl (C=O) groups excluding carboxylic acids is 1. The lowest BCUT2D eigenvalue weighted by Gasteiger charge is -2.16. The van der Waals surface area contributed by atoms with E-state index in [1.54, 1.807) is 22.8 Å². The first kappa shape index (κ1) is 21.6. The summed E-state index contributed by atoms with van der Waals surface area (Å²) >= 11 is 1.17. The highest BCUT2D eigenvalue weighted by atomic mass is 32.2. The molecule has 3 aromatic rings. The summed E-state index contributed by atoms with van der Waals surface area (Å²) in [5, 5.41) is 3.71. The lowest BCUT2D eigenvalue weighted by atomic mass is 10.1. The van der Waals surface area contributed by atoms with E-state index >= 15 is 0 Å². The average molecular weight is 458 g/mol. The van der Waals surface area contributed by atoms with E-state index in [1.807, 2.05) is 38.1 Å². The first-order chi connectivity index (χ1) is 14.7. The molecule has 0 spiro atoms. The fraction of sp³-hybridized carbons (Fsp3) is 0.318. The molecule has 1 aromatic heterocycles. The van der Waals surface area contributed by atoms with Crippen molar-refractivity contribution in [3.63, 3.8) is 0 Å². The topological polar surface area (TPSA) is 98.1 Å². The Balaban J connectivity index is 1.67. The SMILES string of the molecule is Cc1cccc(-n2c(SCC(=O)NC3CCS(=O)(=O)C3)nc3ccccc3c2=O)c1C. The maximum Gasteiger partial charge on any atom is 0.266 e. The molecular weight excluding hydrogens is 434 g/mol. The van der Waals surface area contributed by atoms with Gasteiger partial charge in [-0.1, -0.05) is 36.0 Å². The first-order valence-corrected chi connectivity index (χ1v) is 12.8. The number of carbonyl (C=O) groups is 1. The summed E-state index contributed by atoms with van der Waals surface area (Å²) in [7, 11) is -3.07. The van der Waals surface area contributed by atoms with Gasteiger partial charge in [0, 0.05) is 6.04 Å². The van der Waals surface area contributed by atoms with Crippen LogP contribution in [0.2, 0.25) is 0 Å². The highest BCUT2D eigenvalue weighted by Gasteiger charge is 2.29. The highest BCUT2D eigenvalue weighted by Crippen LogP contribution is 2.24. The molecule has 1 fully saturated rings. The van der Waals surface area contributed by atoms with Gasteiger partial charge in [-0.15, -0.1) is 0 Å². The zero-order valence-corrected chi connectivity index (χ0v) is 18.9. The molecule has 1 amide bonds. The number of hydrogen-bond acceptors (Lipinski definition) is 6. The van der Waals surface area contributed by atoms with Gasteiger partial charge in [0.2, 0.25) is 5.91 Å². The summed E-state index contributed by atoms with van der Waals surface area (Å²) < 4.78 is 24.8. The van der Waals surface area contributed by atoms with Crippen molar-refractivity contribution in [2.45, 2.75) is 31.5 Å². The second kappa shape index (κ2) is 8.47. The summed E-state index contributed by atoms with van der Waals surface area (Å²) in [6.07, 6.45) is 0.431. The van der Waals surface area contributed by atoms with E-state index in [0.717, 1.165) is 16.8 Å². The zero-order valence-electron chi connectivity index (χ0n) is 17.3. The number of fused-ring (bicyclic) bond motifs is 1. The number of para-hydroxylation sites is 1. The number of thioether (sulfide) groups is 1. The standard InChI is InChI=1S/C22H23N3O4S2/c1-14-6-5-9-19(15(14)2)25-21(27)17-7-3-4-8-18(17)24-22(25)30-12-20(26)23-16-10-11-31(28,29)13-16/h3-9,16H,10-13H2,1-2H3,(H,23,26). The number of aryl methyl sites for hydroxylation is 1.